The first-order chi connectivity index (χ1) is 25.4. The van der Waals surface area contributed by atoms with Crippen LogP contribution in [0.15, 0.2) is 0 Å². The Morgan fingerprint density at radius 1 is 0.679 bits per heavy atom. The molecule has 0 radical (unpaired) electrons. The molecule has 3 heterocycles. The van der Waals surface area contributed by atoms with E-state index in [0.717, 1.165) is 90.1 Å². The van der Waals surface area contributed by atoms with E-state index in [1.54, 1.807) is 0 Å². The molecule has 308 valence electrons. The van der Waals surface area contributed by atoms with Gasteiger partial charge in [-0.15, -0.1) is 0 Å². The van der Waals surface area contributed by atoms with Crippen LogP contribution in [0.4, 0.5) is 4.79 Å². The molecule has 3 aliphatic rings. The molecular weight excluding hydrogens is 663 g/mol. The monoisotopic (exact) mass is 746 g/mol. The normalized spacial score (nSPS) is 21.6. The summed E-state index contributed by atoms with van der Waals surface area (Å²) in [7, 11) is 0. The van der Waals surface area contributed by atoms with Gasteiger partial charge in [-0.2, -0.15) is 0 Å². The first-order valence-corrected chi connectivity index (χ1v) is 22.5. The second-order valence-corrected chi connectivity index (χ2v) is 18.6. The molecule has 0 aromatic carbocycles. The number of nitrogens with one attached hydrogen (secondary N) is 4. The lowest BCUT2D eigenvalue weighted by Gasteiger charge is -2.51. The summed E-state index contributed by atoms with van der Waals surface area (Å²) < 4.78 is 7.02. The van der Waals surface area contributed by atoms with E-state index in [1.165, 1.54) is 89.9 Å². The number of piperidine rings is 1. The third kappa shape index (κ3) is 18.2. The number of ether oxygens (including phenoxy) is 1. The van der Waals surface area contributed by atoms with Gasteiger partial charge < -0.3 is 20.3 Å². The molecule has 53 heavy (non-hydrogen) atoms. The molecule has 4 N–H and O–H groups in total. The average molecular weight is 746 g/mol. The van der Waals surface area contributed by atoms with Crippen LogP contribution in [0.5, 0.6) is 0 Å². The van der Waals surface area contributed by atoms with Crippen molar-refractivity contribution in [3.8, 4) is 0 Å². The number of nitrogens with zero attached hydrogens (tertiary/aromatic N) is 1. The van der Waals surface area contributed by atoms with Crippen molar-refractivity contribution in [3.05, 3.63) is 0 Å². The zero-order valence-corrected chi connectivity index (χ0v) is 35.2. The number of Topliss-reactive ketones (excluding diaryl/α,β-unsaturated/α-hetero) is 1. The summed E-state index contributed by atoms with van der Waals surface area (Å²) in [6.45, 7) is 14.3. The zero-order valence-electron chi connectivity index (χ0n) is 35.2. The van der Waals surface area contributed by atoms with Gasteiger partial charge in [0, 0.05) is 49.9 Å². The fourth-order valence-electron chi connectivity index (χ4n) is 9.75. The molecule has 3 rings (SSSR count). The number of carbonyl (C=O) groups is 3. The van der Waals surface area contributed by atoms with Gasteiger partial charge >= 0.3 is 6.03 Å². The van der Waals surface area contributed by atoms with Crippen molar-refractivity contribution in [2.75, 3.05) is 26.2 Å². The van der Waals surface area contributed by atoms with Gasteiger partial charge in [-0.25, -0.2) is 10.2 Å². The minimum atomic E-state index is -0.659. The number of amides is 3. The minimum Gasteiger partial charge on any atom is -0.360 e. The topological polar surface area (TPSA) is 112 Å². The van der Waals surface area contributed by atoms with E-state index in [-0.39, 0.29) is 28.6 Å². The summed E-state index contributed by atoms with van der Waals surface area (Å²) in [5.74, 6) is 0.163. The van der Waals surface area contributed by atoms with E-state index < -0.39 is 5.60 Å². The van der Waals surface area contributed by atoms with Gasteiger partial charge in [0.05, 0.1) is 5.60 Å². The van der Waals surface area contributed by atoms with Crippen molar-refractivity contribution in [2.45, 2.75) is 237 Å². The summed E-state index contributed by atoms with van der Waals surface area (Å²) in [5, 5.41) is 6.60. The van der Waals surface area contributed by atoms with Gasteiger partial charge in [-0.3, -0.25) is 15.0 Å². The van der Waals surface area contributed by atoms with Crippen LogP contribution in [-0.2, 0) is 14.3 Å². The van der Waals surface area contributed by atoms with Crippen molar-refractivity contribution < 1.29 is 19.1 Å². The molecular formula is C44H83N5O4. The Morgan fingerprint density at radius 2 is 1.17 bits per heavy atom. The third-order valence-electron chi connectivity index (χ3n) is 12.0. The van der Waals surface area contributed by atoms with Gasteiger partial charge in [0.15, 0.2) is 5.78 Å². The molecule has 0 aliphatic carbocycles. The van der Waals surface area contributed by atoms with Gasteiger partial charge in [-0.05, 0) is 72.9 Å². The van der Waals surface area contributed by atoms with Crippen LogP contribution in [0, 0.1) is 0 Å². The Labute approximate surface area is 325 Å². The summed E-state index contributed by atoms with van der Waals surface area (Å²) in [4.78, 5) is 40.8. The van der Waals surface area contributed by atoms with E-state index in [1.807, 2.05) is 0 Å². The van der Waals surface area contributed by atoms with Crippen LogP contribution in [0.1, 0.15) is 214 Å². The van der Waals surface area contributed by atoms with E-state index in [9.17, 15) is 14.4 Å². The lowest BCUT2D eigenvalue weighted by atomic mass is 9.71. The average Bonchev–Trinajstić information content (AvgIpc) is 3.33. The Morgan fingerprint density at radius 3 is 1.68 bits per heavy atom. The molecule has 3 fully saturated rings. The van der Waals surface area contributed by atoms with Crippen molar-refractivity contribution in [2.24, 2.45) is 0 Å². The SMILES string of the molecule is CCCCCCCCCCCCCCCCCCNC(=O)NNC(=O)CCN1CCCCCC2(CCCCC1)CC(=O)C1(CC(C)(C)NC(C)(C)C1)O2. The molecule has 3 amide bonds. The predicted molar refractivity (Wildman–Crippen MR) is 219 cm³/mol. The number of rotatable bonds is 20. The highest BCUT2D eigenvalue weighted by Crippen LogP contribution is 2.50. The van der Waals surface area contributed by atoms with Crippen molar-refractivity contribution in [3.63, 3.8) is 0 Å². The third-order valence-corrected chi connectivity index (χ3v) is 12.0. The summed E-state index contributed by atoms with van der Waals surface area (Å²) >= 11 is 0. The maximum Gasteiger partial charge on any atom is 0.333 e. The summed E-state index contributed by atoms with van der Waals surface area (Å²) in [5.41, 5.74) is 3.87. The van der Waals surface area contributed by atoms with Crippen LogP contribution < -0.4 is 21.5 Å². The number of hydrogen-bond donors (Lipinski definition) is 4. The highest BCUT2D eigenvalue weighted by molar-refractivity contribution is 5.90. The Hall–Kier alpha value is -1.71. The number of urea groups is 1. The maximum absolute atomic E-state index is 13.7. The predicted octanol–water partition coefficient (Wildman–Crippen LogP) is 9.81. The first kappa shape index (κ1) is 45.7. The highest BCUT2D eigenvalue weighted by Gasteiger charge is 2.60. The van der Waals surface area contributed by atoms with Crippen molar-refractivity contribution >= 4 is 17.7 Å². The summed E-state index contributed by atoms with van der Waals surface area (Å²) in [6.07, 6.45) is 32.0. The first-order valence-electron chi connectivity index (χ1n) is 22.5. The molecule has 0 saturated carbocycles. The minimum absolute atomic E-state index is 0.137. The Kier molecular flexibility index (Phi) is 20.7. The molecule has 0 atom stereocenters. The van der Waals surface area contributed by atoms with E-state index in [2.05, 4.69) is 61.0 Å². The molecule has 3 saturated heterocycles. The van der Waals surface area contributed by atoms with Crippen LogP contribution >= 0.6 is 0 Å². The van der Waals surface area contributed by atoms with Gasteiger partial charge in [0.2, 0.25) is 5.91 Å². The number of hydrogen-bond acceptors (Lipinski definition) is 6. The quantitative estimate of drug-likeness (QED) is 0.0730. The fourth-order valence-corrected chi connectivity index (χ4v) is 9.75. The highest BCUT2D eigenvalue weighted by atomic mass is 16.5. The largest absolute Gasteiger partial charge is 0.360 e. The molecule has 0 aromatic heterocycles. The smallest absolute Gasteiger partial charge is 0.333 e. The van der Waals surface area contributed by atoms with Gasteiger partial charge in [0.25, 0.3) is 0 Å². The fraction of sp³-hybridized carbons (Fsp3) is 0.932. The standard InChI is InChI=1S/C44H83N5O4/c1-6-7-8-9-10-11-12-13-14-15-16-17-18-19-20-25-31-45-40(52)47-46-39(51)28-34-49-32-26-21-23-29-43(30-24-22-27-33-49)35-38(50)44(53-43)36-41(2,3)48-42(4,5)37-44/h48H,6-37H2,1-5H3,(H,46,51)(H2,45,47,52). The Balaban J connectivity index is 1.19. The molecule has 9 nitrogen and oxygen atoms in total. The molecule has 2 spiro atoms. The number of ketones is 1. The molecule has 3 aliphatic heterocycles. The second-order valence-electron chi connectivity index (χ2n) is 18.6. The van der Waals surface area contributed by atoms with E-state index in [4.69, 9.17) is 4.74 Å². The van der Waals surface area contributed by atoms with E-state index >= 15 is 0 Å². The number of unbranched alkanes of at least 4 members (excludes halogenated alkanes) is 15. The molecule has 0 bridgehead atoms. The van der Waals surface area contributed by atoms with Crippen LogP contribution in [0.25, 0.3) is 0 Å². The molecule has 9 heteroatoms. The van der Waals surface area contributed by atoms with Gasteiger partial charge in [-0.1, -0.05) is 129 Å². The number of hydrazine groups is 1. The molecule has 0 aromatic rings. The zero-order chi connectivity index (χ0) is 38.5. The lowest BCUT2D eigenvalue weighted by Crippen LogP contribution is -2.65. The van der Waals surface area contributed by atoms with Crippen LogP contribution in [0.3, 0.4) is 0 Å². The van der Waals surface area contributed by atoms with Crippen LogP contribution in [0.2, 0.25) is 0 Å². The summed E-state index contributed by atoms with van der Waals surface area (Å²) in [6, 6.07) is -0.338. The molecule has 0 unspecified atom stereocenters. The van der Waals surface area contributed by atoms with Crippen molar-refractivity contribution in [1.82, 2.24) is 26.4 Å². The number of carbonyl (C=O) groups excluding carboxylic acids is 3. The van der Waals surface area contributed by atoms with Crippen LogP contribution in [-0.4, -0.2) is 71.1 Å². The van der Waals surface area contributed by atoms with Crippen molar-refractivity contribution in [1.29, 1.82) is 0 Å². The lowest BCUT2D eigenvalue weighted by molar-refractivity contribution is -0.164. The second kappa shape index (κ2) is 24.0. The maximum atomic E-state index is 13.7. The van der Waals surface area contributed by atoms with Gasteiger partial charge in [0.1, 0.15) is 5.60 Å². The van der Waals surface area contributed by atoms with E-state index in [0.29, 0.717) is 31.7 Å². The Bertz CT molecular complexity index is 1030.